The van der Waals surface area contributed by atoms with Gasteiger partial charge in [-0.25, -0.2) is 27.1 Å². The Labute approximate surface area is 224 Å². The number of benzene rings is 1. The molecule has 0 amide bonds. The van der Waals surface area contributed by atoms with Crippen molar-refractivity contribution in [2.45, 2.75) is 83.6 Å². The third kappa shape index (κ3) is 8.03. The van der Waals surface area contributed by atoms with E-state index in [1.54, 1.807) is 18.2 Å². The summed E-state index contributed by atoms with van der Waals surface area (Å²) in [6.07, 6.45) is 3.00. The molecule has 1 aliphatic heterocycles. The molecule has 1 fully saturated rings. The second-order valence-electron chi connectivity index (χ2n) is 10.2. The number of nitrogens with zero attached hydrogens (tertiary/aromatic N) is 3. The molecule has 2 heterocycles. The molecular formula is C27H38FN3O6S. The summed E-state index contributed by atoms with van der Waals surface area (Å²) < 4.78 is 50.5. The Kier molecular flexibility index (Phi) is 9.99. The van der Waals surface area contributed by atoms with Crippen molar-refractivity contribution in [1.82, 2.24) is 9.97 Å². The first-order valence-electron chi connectivity index (χ1n) is 12.7. The summed E-state index contributed by atoms with van der Waals surface area (Å²) in [5, 5.41) is 21.2. The lowest BCUT2D eigenvalue weighted by Crippen LogP contribution is -2.37. The molecule has 1 aromatic heterocycles. The van der Waals surface area contributed by atoms with E-state index < -0.39 is 34.3 Å². The molecular weight excluding hydrogens is 513 g/mol. The molecule has 11 heteroatoms. The van der Waals surface area contributed by atoms with Gasteiger partial charge in [-0.1, -0.05) is 26.0 Å². The van der Waals surface area contributed by atoms with Crippen LogP contribution < -0.4 is 4.31 Å². The van der Waals surface area contributed by atoms with Crippen molar-refractivity contribution in [3.8, 4) is 11.3 Å². The normalized spacial score (nSPS) is 22.1. The van der Waals surface area contributed by atoms with Crippen LogP contribution in [0.25, 0.3) is 17.3 Å². The molecule has 0 radical (unpaired) electrons. The van der Waals surface area contributed by atoms with Gasteiger partial charge in [-0.2, -0.15) is 0 Å². The number of aliphatic hydroxyl groups excluding tert-OH is 2. The van der Waals surface area contributed by atoms with E-state index in [0.717, 1.165) is 17.0 Å². The number of ether oxygens (including phenoxy) is 2. The number of aromatic nitrogens is 2. The fourth-order valence-electron chi connectivity index (χ4n) is 4.32. The number of rotatable bonds is 10. The topological polar surface area (TPSA) is 122 Å². The lowest BCUT2D eigenvalue weighted by atomic mass is 9.97. The van der Waals surface area contributed by atoms with E-state index in [4.69, 9.17) is 9.47 Å². The Bertz CT molecular complexity index is 1210. The first kappa shape index (κ1) is 30.1. The van der Waals surface area contributed by atoms with E-state index in [0.29, 0.717) is 22.5 Å². The van der Waals surface area contributed by atoms with Crippen molar-refractivity contribution in [3.05, 3.63) is 47.4 Å². The third-order valence-corrected chi connectivity index (χ3v) is 7.46. The molecule has 0 saturated carbocycles. The van der Waals surface area contributed by atoms with Crippen LogP contribution in [-0.2, 0) is 19.5 Å². The van der Waals surface area contributed by atoms with Gasteiger partial charge < -0.3 is 19.7 Å². The minimum Gasteiger partial charge on any atom is -0.393 e. The average Bonchev–Trinajstić information content (AvgIpc) is 2.80. The van der Waals surface area contributed by atoms with Crippen LogP contribution in [0, 0.1) is 5.82 Å². The average molecular weight is 552 g/mol. The second kappa shape index (κ2) is 12.6. The van der Waals surface area contributed by atoms with Crippen LogP contribution in [0.15, 0.2) is 30.3 Å². The zero-order valence-corrected chi connectivity index (χ0v) is 23.5. The Morgan fingerprint density at radius 2 is 1.74 bits per heavy atom. The van der Waals surface area contributed by atoms with Crippen molar-refractivity contribution < 1.29 is 32.5 Å². The molecule has 3 rings (SSSR count). The van der Waals surface area contributed by atoms with Crippen LogP contribution in [0.2, 0.25) is 0 Å². The number of halogens is 1. The number of aliphatic hydroxyl groups is 2. The number of hydrogen-bond donors (Lipinski definition) is 2. The van der Waals surface area contributed by atoms with Gasteiger partial charge in [0.1, 0.15) is 5.82 Å². The molecule has 0 bridgehead atoms. The quantitative estimate of drug-likeness (QED) is 0.457. The second-order valence-corrected chi connectivity index (χ2v) is 12.2. The monoisotopic (exact) mass is 551 g/mol. The zero-order chi connectivity index (χ0) is 28.2. The lowest BCUT2D eigenvalue weighted by Gasteiger charge is -2.33. The van der Waals surface area contributed by atoms with Gasteiger partial charge in [-0.3, -0.25) is 0 Å². The van der Waals surface area contributed by atoms with Gasteiger partial charge in [0.05, 0.1) is 42.1 Å². The maximum Gasteiger partial charge on any atom is 0.239 e. The van der Waals surface area contributed by atoms with Crippen LogP contribution in [0.1, 0.15) is 64.1 Å². The highest BCUT2D eigenvalue weighted by molar-refractivity contribution is 7.92. The molecule has 2 N–H and O–H groups in total. The van der Waals surface area contributed by atoms with E-state index >= 15 is 0 Å². The molecule has 2 aromatic rings. The third-order valence-electron chi connectivity index (χ3n) is 6.30. The summed E-state index contributed by atoms with van der Waals surface area (Å²) in [6, 6.07) is 5.69. The van der Waals surface area contributed by atoms with E-state index in [1.165, 1.54) is 25.3 Å². The van der Waals surface area contributed by atoms with Crippen molar-refractivity contribution in [2.75, 3.05) is 17.6 Å². The minimum absolute atomic E-state index is 0.0143. The smallest absolute Gasteiger partial charge is 0.239 e. The molecule has 0 spiro atoms. The van der Waals surface area contributed by atoms with Crippen molar-refractivity contribution >= 4 is 22.0 Å². The summed E-state index contributed by atoms with van der Waals surface area (Å²) in [5.74, 6) is -0.563. The largest absolute Gasteiger partial charge is 0.393 e. The van der Waals surface area contributed by atoms with Gasteiger partial charge in [-0.15, -0.1) is 0 Å². The highest BCUT2D eigenvalue weighted by Crippen LogP contribution is 2.32. The molecule has 9 nitrogen and oxygen atoms in total. The summed E-state index contributed by atoms with van der Waals surface area (Å²) in [7, 11) is -2.27. The van der Waals surface area contributed by atoms with Gasteiger partial charge >= 0.3 is 0 Å². The molecule has 1 aromatic carbocycles. The maximum atomic E-state index is 13.7. The lowest BCUT2D eigenvalue weighted by molar-refractivity contribution is -0.243. The SMILES string of the molecule is CC1CC(C)OC(C[C@H](O)C[C@H](O)/C=C/c2c(-c3ccc(F)cc3)nc(N(C)S(C)(=O)=O)nc2C(C)C)O1. The van der Waals surface area contributed by atoms with Crippen LogP contribution in [0.4, 0.5) is 10.3 Å². The summed E-state index contributed by atoms with van der Waals surface area (Å²) >= 11 is 0. The standard InChI is InChI=1S/C27H38FN3O6S/c1-16(2)25-23(12-11-21(32)14-22(33)15-24-36-17(3)13-18(4)37-24)26(19-7-9-20(28)10-8-19)30-27(29-25)31(5)38(6,34)35/h7-12,16-18,21-22,24,32-33H,13-15H2,1-6H3/b12-11+/t17?,18?,21-,22-,24?/m1/s1. The first-order chi connectivity index (χ1) is 17.7. The summed E-state index contributed by atoms with van der Waals surface area (Å²) in [5.41, 5.74) is 2.07. The number of hydrogen-bond acceptors (Lipinski definition) is 8. The van der Waals surface area contributed by atoms with Gasteiger partial charge in [0.25, 0.3) is 0 Å². The fourth-order valence-corrected chi connectivity index (χ4v) is 4.70. The Morgan fingerprint density at radius 3 is 2.29 bits per heavy atom. The van der Waals surface area contributed by atoms with E-state index in [9.17, 15) is 23.0 Å². The van der Waals surface area contributed by atoms with Crippen LogP contribution in [-0.4, -0.2) is 72.6 Å². The first-order valence-corrected chi connectivity index (χ1v) is 14.6. The molecule has 1 aliphatic rings. The predicted molar refractivity (Wildman–Crippen MR) is 145 cm³/mol. The highest BCUT2D eigenvalue weighted by atomic mass is 32.2. The van der Waals surface area contributed by atoms with Crippen molar-refractivity contribution in [2.24, 2.45) is 0 Å². The summed E-state index contributed by atoms with van der Waals surface area (Å²) in [4.78, 5) is 9.03. The van der Waals surface area contributed by atoms with Crippen LogP contribution >= 0.6 is 0 Å². The Balaban J connectivity index is 1.91. The van der Waals surface area contributed by atoms with Crippen molar-refractivity contribution in [3.63, 3.8) is 0 Å². The Morgan fingerprint density at radius 1 is 1.13 bits per heavy atom. The van der Waals surface area contributed by atoms with Gasteiger partial charge in [-0.05, 0) is 50.5 Å². The Hall–Kier alpha value is -2.44. The number of sulfonamides is 1. The van der Waals surface area contributed by atoms with E-state index in [2.05, 4.69) is 9.97 Å². The molecule has 38 heavy (non-hydrogen) atoms. The predicted octanol–water partition coefficient (Wildman–Crippen LogP) is 3.86. The van der Waals surface area contributed by atoms with Gasteiger partial charge in [0, 0.05) is 31.0 Å². The fraction of sp³-hybridized carbons (Fsp3) is 0.556. The van der Waals surface area contributed by atoms with Crippen LogP contribution in [0.5, 0.6) is 0 Å². The molecule has 210 valence electrons. The number of anilines is 1. The van der Waals surface area contributed by atoms with Gasteiger partial charge in [0.15, 0.2) is 6.29 Å². The van der Waals surface area contributed by atoms with E-state index in [1.807, 2.05) is 27.7 Å². The van der Waals surface area contributed by atoms with Gasteiger partial charge in [0.2, 0.25) is 16.0 Å². The minimum atomic E-state index is -3.63. The molecule has 4 atom stereocenters. The van der Waals surface area contributed by atoms with Crippen molar-refractivity contribution in [1.29, 1.82) is 0 Å². The molecule has 1 saturated heterocycles. The molecule has 0 aliphatic carbocycles. The van der Waals surface area contributed by atoms with E-state index in [-0.39, 0.29) is 36.9 Å². The highest BCUT2D eigenvalue weighted by Gasteiger charge is 2.27. The van der Waals surface area contributed by atoms with Crippen LogP contribution in [0.3, 0.4) is 0 Å². The molecule has 2 unspecified atom stereocenters. The zero-order valence-electron chi connectivity index (χ0n) is 22.7. The maximum absolute atomic E-state index is 13.7. The summed E-state index contributed by atoms with van der Waals surface area (Å²) in [6.45, 7) is 7.74.